The summed E-state index contributed by atoms with van der Waals surface area (Å²) in [7, 11) is 0. The fraction of sp³-hybridized carbons (Fsp3) is 0.357. The highest BCUT2D eigenvalue weighted by Crippen LogP contribution is 2.43. The lowest BCUT2D eigenvalue weighted by atomic mass is 9.84. The normalized spacial score (nSPS) is 24.4. The van der Waals surface area contributed by atoms with E-state index < -0.39 is 35.8 Å². The number of hydrogen-bond donors (Lipinski definition) is 3. The molecule has 5 unspecified atom stereocenters. The number of aliphatic hydroxyl groups excluding tert-OH is 1. The first-order valence-corrected chi connectivity index (χ1v) is 18.6. The number of aliphatic hydroxyl groups is 2. The number of nitrogens with one attached hydrogen (secondary N) is 1. The smallest absolute Gasteiger partial charge is 0.408 e. The highest BCUT2D eigenvalue weighted by Gasteiger charge is 2.43. The lowest BCUT2D eigenvalue weighted by molar-refractivity contribution is -0.277. The van der Waals surface area contributed by atoms with Gasteiger partial charge < -0.3 is 34.6 Å². The molecule has 7 rings (SSSR count). The van der Waals surface area contributed by atoms with Crippen molar-refractivity contribution in [1.29, 1.82) is 0 Å². The van der Waals surface area contributed by atoms with Gasteiger partial charge in [0.15, 0.2) is 6.29 Å². The number of hydrogen-bond acceptors (Lipinski definition) is 9. The van der Waals surface area contributed by atoms with Crippen molar-refractivity contribution in [3.63, 3.8) is 0 Å². The molecule has 0 saturated carbocycles. The number of nitrogens with zero attached hydrogens (tertiary/aromatic N) is 2. The molecule has 4 aromatic carbocycles. The third kappa shape index (κ3) is 8.37. The van der Waals surface area contributed by atoms with Gasteiger partial charge in [-0.25, -0.2) is 9.69 Å². The third-order valence-electron chi connectivity index (χ3n) is 10.7. The molecule has 0 aliphatic carbocycles. The molecular weight excluding hydrogens is 710 g/mol. The Hall–Kier alpha value is -4.62. The number of rotatable bonds is 10. The SMILES string of the molecule is CC1C(CN2CCC(O)(c3ccc(Cl)cc3)CC2)OC(c2cccc(N3C(=O)CC(NC(=O)OCc4ccccc4)C3=O)c2)OC1c1ccc(CO)cc1. The highest BCUT2D eigenvalue weighted by atomic mass is 35.5. The molecule has 0 bridgehead atoms. The minimum atomic E-state index is -1.06. The summed E-state index contributed by atoms with van der Waals surface area (Å²) >= 11 is 6.10. The summed E-state index contributed by atoms with van der Waals surface area (Å²) in [5.41, 5.74) is 3.40. The van der Waals surface area contributed by atoms with Gasteiger partial charge in [0.1, 0.15) is 12.6 Å². The van der Waals surface area contributed by atoms with Gasteiger partial charge in [0.05, 0.1) is 36.5 Å². The van der Waals surface area contributed by atoms with Crippen molar-refractivity contribution in [3.05, 3.63) is 136 Å². The second-order valence-corrected chi connectivity index (χ2v) is 14.7. The van der Waals surface area contributed by atoms with Crippen molar-refractivity contribution in [3.8, 4) is 0 Å². The van der Waals surface area contributed by atoms with Gasteiger partial charge in [-0.15, -0.1) is 0 Å². The van der Waals surface area contributed by atoms with E-state index in [0.29, 0.717) is 48.7 Å². The van der Waals surface area contributed by atoms with E-state index in [4.69, 9.17) is 25.8 Å². The van der Waals surface area contributed by atoms with Crippen LogP contribution in [0.2, 0.25) is 5.02 Å². The number of benzene rings is 4. The van der Waals surface area contributed by atoms with Crippen molar-refractivity contribution in [2.75, 3.05) is 24.5 Å². The predicted molar refractivity (Wildman–Crippen MR) is 201 cm³/mol. The number of carbonyl (C=O) groups excluding carboxylic acids is 3. The monoisotopic (exact) mass is 753 g/mol. The minimum Gasteiger partial charge on any atom is -0.445 e. The second kappa shape index (κ2) is 16.4. The number of amides is 3. The van der Waals surface area contributed by atoms with E-state index in [0.717, 1.165) is 27.2 Å². The van der Waals surface area contributed by atoms with Crippen LogP contribution in [-0.4, -0.2) is 64.8 Å². The van der Waals surface area contributed by atoms with E-state index in [9.17, 15) is 24.6 Å². The molecule has 0 aromatic heterocycles. The first-order chi connectivity index (χ1) is 26.1. The van der Waals surface area contributed by atoms with Crippen molar-refractivity contribution in [2.45, 2.75) is 69.5 Å². The molecule has 3 amide bonds. The number of ether oxygens (including phenoxy) is 3. The lowest BCUT2D eigenvalue weighted by Gasteiger charge is -2.45. The summed E-state index contributed by atoms with van der Waals surface area (Å²) in [4.78, 5) is 42.6. The van der Waals surface area contributed by atoms with Crippen LogP contribution in [0.25, 0.3) is 0 Å². The Morgan fingerprint density at radius 2 is 1.63 bits per heavy atom. The van der Waals surface area contributed by atoms with Crippen molar-refractivity contribution in [2.24, 2.45) is 5.92 Å². The van der Waals surface area contributed by atoms with Gasteiger partial charge in [0, 0.05) is 36.1 Å². The van der Waals surface area contributed by atoms with Gasteiger partial charge in [-0.2, -0.15) is 0 Å². The van der Waals surface area contributed by atoms with Gasteiger partial charge in [0.25, 0.3) is 5.91 Å². The lowest BCUT2D eigenvalue weighted by Crippen LogP contribution is -2.49. The molecule has 3 N–H and O–H groups in total. The van der Waals surface area contributed by atoms with Crippen LogP contribution in [0.15, 0.2) is 103 Å². The van der Waals surface area contributed by atoms with Crippen LogP contribution in [0.3, 0.4) is 0 Å². The average molecular weight is 754 g/mol. The second-order valence-electron chi connectivity index (χ2n) is 14.3. The van der Waals surface area contributed by atoms with Crippen LogP contribution < -0.4 is 10.2 Å². The van der Waals surface area contributed by atoms with Gasteiger partial charge in [-0.05, 0) is 59.4 Å². The van der Waals surface area contributed by atoms with Crippen LogP contribution in [0, 0.1) is 5.92 Å². The Morgan fingerprint density at radius 3 is 2.33 bits per heavy atom. The van der Waals surface area contributed by atoms with Gasteiger partial charge in [0.2, 0.25) is 5.91 Å². The summed E-state index contributed by atoms with van der Waals surface area (Å²) in [6.45, 7) is 3.98. The van der Waals surface area contributed by atoms with E-state index in [2.05, 4.69) is 17.1 Å². The summed E-state index contributed by atoms with van der Waals surface area (Å²) in [6, 6.07) is 30.1. The third-order valence-corrected chi connectivity index (χ3v) is 10.9. The maximum absolute atomic E-state index is 13.5. The van der Waals surface area contributed by atoms with Crippen molar-refractivity contribution < 1.29 is 38.8 Å². The van der Waals surface area contributed by atoms with E-state index in [-0.39, 0.29) is 37.8 Å². The number of likely N-dealkylation sites (tertiary alicyclic amines) is 1. The predicted octanol–water partition coefficient (Wildman–Crippen LogP) is 6.17. The molecule has 3 fully saturated rings. The van der Waals surface area contributed by atoms with Crippen LogP contribution in [-0.2, 0) is 42.6 Å². The summed E-state index contributed by atoms with van der Waals surface area (Å²) < 4.78 is 18.6. The van der Waals surface area contributed by atoms with Crippen molar-refractivity contribution >= 4 is 35.2 Å². The molecular formula is C42H44ClN3O8. The zero-order valence-corrected chi connectivity index (χ0v) is 30.7. The molecule has 0 spiro atoms. The Bertz CT molecular complexity index is 1940. The first kappa shape index (κ1) is 37.7. The Morgan fingerprint density at radius 1 is 0.907 bits per heavy atom. The number of alkyl carbamates (subject to hydrolysis) is 1. The van der Waals surface area contributed by atoms with E-state index in [1.165, 1.54) is 0 Å². The largest absolute Gasteiger partial charge is 0.445 e. The molecule has 11 nitrogen and oxygen atoms in total. The van der Waals surface area contributed by atoms with Crippen LogP contribution in [0.1, 0.15) is 66.4 Å². The standard InChI is InChI=1S/C42H44ClN3O8/c1-27-36(24-45-20-18-42(51,19-21-45)32-14-16-33(43)17-15-32)53-40(54-38(27)30-12-10-28(25-47)11-13-30)31-8-5-9-34(22-31)46-37(48)23-35(39(46)49)44-41(50)52-26-29-6-3-2-4-7-29/h2-17,22,27,35-36,38,40,47,51H,18-21,23-26H2,1H3,(H,44,50). The molecule has 12 heteroatoms. The Kier molecular flexibility index (Phi) is 11.4. The van der Waals surface area contributed by atoms with E-state index >= 15 is 0 Å². The number of piperidine rings is 1. The molecule has 0 radical (unpaired) electrons. The average Bonchev–Trinajstić information content (AvgIpc) is 3.47. The van der Waals surface area contributed by atoms with Gasteiger partial charge >= 0.3 is 6.09 Å². The fourth-order valence-corrected chi connectivity index (χ4v) is 7.60. The number of halogens is 1. The number of anilines is 1. The van der Waals surface area contributed by atoms with Gasteiger partial charge in [-0.1, -0.05) is 97.4 Å². The molecule has 3 aliphatic heterocycles. The maximum Gasteiger partial charge on any atom is 0.408 e. The van der Waals surface area contributed by atoms with E-state index in [1.54, 1.807) is 30.3 Å². The Balaban J connectivity index is 1.06. The minimum absolute atomic E-state index is 0.0320. The zero-order valence-electron chi connectivity index (χ0n) is 30.0. The topological polar surface area (TPSA) is 138 Å². The molecule has 5 atom stereocenters. The first-order valence-electron chi connectivity index (χ1n) is 18.3. The quantitative estimate of drug-likeness (QED) is 0.163. The molecule has 54 heavy (non-hydrogen) atoms. The fourth-order valence-electron chi connectivity index (χ4n) is 7.47. The van der Waals surface area contributed by atoms with Crippen LogP contribution in [0.5, 0.6) is 0 Å². The van der Waals surface area contributed by atoms with Crippen LogP contribution in [0.4, 0.5) is 10.5 Å². The summed E-state index contributed by atoms with van der Waals surface area (Å²) in [5.74, 6) is -1.08. The Labute approximate surface area is 319 Å². The van der Waals surface area contributed by atoms with E-state index in [1.807, 2.05) is 72.8 Å². The zero-order chi connectivity index (χ0) is 37.8. The highest BCUT2D eigenvalue weighted by molar-refractivity contribution is 6.30. The molecule has 4 aromatic rings. The van der Waals surface area contributed by atoms with Gasteiger partial charge in [-0.3, -0.25) is 9.59 Å². The molecule has 3 saturated heterocycles. The number of carbonyl (C=O) groups is 3. The summed E-state index contributed by atoms with van der Waals surface area (Å²) in [6.07, 6.45) is -1.35. The van der Waals surface area contributed by atoms with Crippen LogP contribution >= 0.6 is 11.6 Å². The molecule has 282 valence electrons. The summed E-state index contributed by atoms with van der Waals surface area (Å²) in [5, 5.41) is 24.3. The molecule has 3 aliphatic rings. The maximum atomic E-state index is 13.5. The molecule has 3 heterocycles. The number of imide groups is 1. The van der Waals surface area contributed by atoms with Crippen molar-refractivity contribution in [1.82, 2.24) is 10.2 Å².